The van der Waals surface area contributed by atoms with Crippen molar-refractivity contribution in [1.82, 2.24) is 4.98 Å². The molecule has 0 saturated heterocycles. The average Bonchev–Trinajstić information content (AvgIpc) is 3.27. The summed E-state index contributed by atoms with van der Waals surface area (Å²) < 4.78 is 6.18. The molecule has 0 aliphatic rings. The van der Waals surface area contributed by atoms with Gasteiger partial charge in [0.25, 0.3) is 0 Å². The summed E-state index contributed by atoms with van der Waals surface area (Å²) in [5, 5.41) is 2.25. The van der Waals surface area contributed by atoms with E-state index in [4.69, 9.17) is 4.42 Å². The molecule has 0 radical (unpaired) electrons. The number of benzene rings is 4. The zero-order valence-corrected chi connectivity index (χ0v) is 20.0. The third-order valence-corrected chi connectivity index (χ3v) is 6.73. The lowest BCUT2D eigenvalue weighted by Gasteiger charge is -2.08. The van der Waals surface area contributed by atoms with Crippen LogP contribution in [0, 0.1) is 0 Å². The van der Waals surface area contributed by atoms with Crippen LogP contribution in [0.2, 0.25) is 0 Å². The van der Waals surface area contributed by atoms with Crippen molar-refractivity contribution in [3.05, 3.63) is 126 Å². The van der Waals surface area contributed by atoms with E-state index in [9.17, 15) is 0 Å². The zero-order chi connectivity index (χ0) is 23.8. The normalized spacial score (nSPS) is 11.5. The molecule has 0 aliphatic carbocycles. The highest BCUT2D eigenvalue weighted by Gasteiger charge is 2.12. The Bertz CT molecular complexity index is 1640. The van der Waals surface area contributed by atoms with Gasteiger partial charge in [0, 0.05) is 22.5 Å². The number of fused-ring (bicyclic) bond motifs is 3. The number of furan rings is 1. The van der Waals surface area contributed by atoms with Gasteiger partial charge in [-0.2, -0.15) is 0 Å². The molecule has 0 aliphatic heterocycles. The maximum Gasteiger partial charge on any atom is 0.135 e. The first-order valence-electron chi connectivity index (χ1n) is 12.2. The Morgan fingerprint density at radius 1 is 0.629 bits per heavy atom. The summed E-state index contributed by atoms with van der Waals surface area (Å²) in [6.07, 6.45) is 2.83. The lowest BCUT2D eigenvalue weighted by molar-refractivity contribution is 0.669. The first-order valence-corrected chi connectivity index (χ1v) is 12.2. The van der Waals surface area contributed by atoms with Crippen molar-refractivity contribution >= 4 is 21.9 Å². The van der Waals surface area contributed by atoms with E-state index in [0.717, 1.165) is 39.6 Å². The van der Waals surface area contributed by atoms with E-state index in [1.807, 2.05) is 6.20 Å². The highest BCUT2D eigenvalue weighted by atomic mass is 16.3. The van der Waals surface area contributed by atoms with Gasteiger partial charge in [-0.15, -0.1) is 0 Å². The van der Waals surface area contributed by atoms with E-state index < -0.39 is 0 Å². The predicted octanol–water partition coefficient (Wildman–Crippen LogP) is 9.03. The van der Waals surface area contributed by atoms with Crippen molar-refractivity contribution < 1.29 is 4.42 Å². The second kappa shape index (κ2) is 8.88. The Kier molecular flexibility index (Phi) is 5.42. The molecule has 35 heavy (non-hydrogen) atoms. The fourth-order valence-electron chi connectivity index (χ4n) is 4.77. The van der Waals surface area contributed by atoms with Gasteiger partial charge in [-0.1, -0.05) is 74.5 Å². The Balaban J connectivity index is 1.40. The standard InChI is InChI=1S/C33H27NO/c1-22(2)25-15-16-34-31(21-25)28-12-14-33-30(20-28)29-19-27(11-13-32(29)35-33)26-10-6-9-24(18-26)17-23-7-4-3-5-8-23/h3-16,18-22H,17H2,1-2H3. The van der Waals surface area contributed by atoms with E-state index >= 15 is 0 Å². The molecule has 0 fully saturated rings. The van der Waals surface area contributed by atoms with Crippen LogP contribution in [-0.4, -0.2) is 4.98 Å². The summed E-state index contributed by atoms with van der Waals surface area (Å²) in [5.41, 5.74) is 10.3. The van der Waals surface area contributed by atoms with E-state index in [1.54, 1.807) is 0 Å². The monoisotopic (exact) mass is 453 g/mol. The van der Waals surface area contributed by atoms with Crippen LogP contribution < -0.4 is 0 Å². The molecular formula is C33H27NO. The molecule has 0 unspecified atom stereocenters. The molecule has 2 aromatic heterocycles. The number of pyridine rings is 1. The fraction of sp³-hybridized carbons (Fsp3) is 0.121. The molecule has 6 rings (SSSR count). The maximum absolute atomic E-state index is 6.18. The molecule has 2 heterocycles. The molecule has 0 atom stereocenters. The van der Waals surface area contributed by atoms with Gasteiger partial charge >= 0.3 is 0 Å². The van der Waals surface area contributed by atoms with Crippen molar-refractivity contribution in [2.24, 2.45) is 0 Å². The summed E-state index contributed by atoms with van der Waals surface area (Å²) in [7, 11) is 0. The first kappa shape index (κ1) is 21.4. The van der Waals surface area contributed by atoms with Crippen LogP contribution in [0.3, 0.4) is 0 Å². The molecular weight excluding hydrogens is 426 g/mol. The summed E-state index contributed by atoms with van der Waals surface area (Å²) in [4.78, 5) is 4.64. The molecule has 2 nitrogen and oxygen atoms in total. The average molecular weight is 454 g/mol. The van der Waals surface area contributed by atoms with E-state index in [0.29, 0.717) is 5.92 Å². The Labute approximate surface area is 205 Å². The quantitative estimate of drug-likeness (QED) is 0.260. The Hall–Kier alpha value is -4.17. The fourth-order valence-corrected chi connectivity index (χ4v) is 4.77. The van der Waals surface area contributed by atoms with E-state index in [-0.39, 0.29) is 0 Å². The van der Waals surface area contributed by atoms with Gasteiger partial charge in [-0.05, 0) is 82.6 Å². The summed E-state index contributed by atoms with van der Waals surface area (Å²) in [6, 6.07) is 36.6. The SMILES string of the molecule is CC(C)c1ccnc(-c2ccc3oc4ccc(-c5cccc(Cc6ccccc6)c5)cc4c3c2)c1. The molecule has 4 aromatic carbocycles. The molecule has 0 N–H and O–H groups in total. The van der Waals surface area contributed by atoms with Gasteiger partial charge in [-0.3, -0.25) is 4.98 Å². The summed E-state index contributed by atoms with van der Waals surface area (Å²) in [5.74, 6) is 0.468. The van der Waals surface area contributed by atoms with Crippen LogP contribution in [0.1, 0.15) is 36.5 Å². The Morgan fingerprint density at radius 3 is 2.09 bits per heavy atom. The van der Waals surface area contributed by atoms with Crippen LogP contribution >= 0.6 is 0 Å². The first-order chi connectivity index (χ1) is 17.1. The van der Waals surface area contributed by atoms with Gasteiger partial charge in [0.2, 0.25) is 0 Å². The minimum absolute atomic E-state index is 0.468. The van der Waals surface area contributed by atoms with Crippen LogP contribution in [0.4, 0.5) is 0 Å². The summed E-state index contributed by atoms with van der Waals surface area (Å²) in [6.45, 7) is 4.42. The van der Waals surface area contributed by atoms with E-state index in [2.05, 4.69) is 122 Å². The molecule has 0 amide bonds. The highest BCUT2D eigenvalue weighted by Crippen LogP contribution is 2.35. The number of nitrogens with zero attached hydrogens (tertiary/aromatic N) is 1. The van der Waals surface area contributed by atoms with Crippen molar-refractivity contribution in [1.29, 1.82) is 0 Å². The molecule has 2 heteroatoms. The van der Waals surface area contributed by atoms with Gasteiger partial charge in [0.1, 0.15) is 11.2 Å². The van der Waals surface area contributed by atoms with Crippen molar-refractivity contribution in [2.45, 2.75) is 26.2 Å². The topological polar surface area (TPSA) is 26.0 Å². The second-order valence-corrected chi connectivity index (χ2v) is 9.52. The minimum Gasteiger partial charge on any atom is -0.456 e. The maximum atomic E-state index is 6.18. The van der Waals surface area contributed by atoms with Crippen molar-refractivity contribution in [3.8, 4) is 22.4 Å². The smallest absolute Gasteiger partial charge is 0.135 e. The molecule has 6 aromatic rings. The number of rotatable bonds is 5. The number of hydrogen-bond acceptors (Lipinski definition) is 2. The number of hydrogen-bond donors (Lipinski definition) is 0. The highest BCUT2D eigenvalue weighted by molar-refractivity contribution is 6.07. The molecule has 0 spiro atoms. The lowest BCUT2D eigenvalue weighted by atomic mass is 9.97. The molecule has 170 valence electrons. The van der Waals surface area contributed by atoms with Crippen molar-refractivity contribution in [2.75, 3.05) is 0 Å². The second-order valence-electron chi connectivity index (χ2n) is 9.52. The van der Waals surface area contributed by atoms with Gasteiger partial charge in [0.15, 0.2) is 0 Å². The van der Waals surface area contributed by atoms with Crippen LogP contribution in [-0.2, 0) is 6.42 Å². The van der Waals surface area contributed by atoms with Crippen molar-refractivity contribution in [3.63, 3.8) is 0 Å². The Morgan fingerprint density at radius 2 is 1.31 bits per heavy atom. The lowest BCUT2D eigenvalue weighted by Crippen LogP contribution is -1.90. The van der Waals surface area contributed by atoms with Gasteiger partial charge in [0.05, 0.1) is 5.69 Å². The van der Waals surface area contributed by atoms with Crippen LogP contribution in [0.5, 0.6) is 0 Å². The van der Waals surface area contributed by atoms with Crippen LogP contribution in [0.15, 0.2) is 114 Å². The largest absolute Gasteiger partial charge is 0.456 e. The van der Waals surface area contributed by atoms with E-state index in [1.165, 1.54) is 27.8 Å². The summed E-state index contributed by atoms with van der Waals surface area (Å²) >= 11 is 0. The third-order valence-electron chi connectivity index (χ3n) is 6.73. The minimum atomic E-state index is 0.468. The zero-order valence-electron chi connectivity index (χ0n) is 20.0. The van der Waals surface area contributed by atoms with Gasteiger partial charge in [-0.25, -0.2) is 0 Å². The number of aromatic nitrogens is 1. The third kappa shape index (κ3) is 4.24. The van der Waals surface area contributed by atoms with Gasteiger partial charge < -0.3 is 4.42 Å². The molecule has 0 bridgehead atoms. The molecule has 0 saturated carbocycles. The predicted molar refractivity (Wildman–Crippen MR) is 146 cm³/mol. The van der Waals surface area contributed by atoms with Crippen LogP contribution in [0.25, 0.3) is 44.3 Å².